The van der Waals surface area contributed by atoms with E-state index in [4.69, 9.17) is 4.52 Å². The van der Waals surface area contributed by atoms with Crippen molar-refractivity contribution in [2.75, 3.05) is 31.5 Å². The van der Waals surface area contributed by atoms with Gasteiger partial charge in [-0.25, -0.2) is 4.79 Å². The number of aromatic nitrogens is 3. The Morgan fingerprint density at radius 2 is 2.14 bits per heavy atom. The van der Waals surface area contributed by atoms with Crippen molar-refractivity contribution >= 4 is 11.8 Å². The van der Waals surface area contributed by atoms with Gasteiger partial charge in [0.2, 0.25) is 0 Å². The molecule has 0 saturated carbocycles. The van der Waals surface area contributed by atoms with Crippen LogP contribution in [0.5, 0.6) is 0 Å². The van der Waals surface area contributed by atoms with Gasteiger partial charge in [0.05, 0.1) is 12.2 Å². The van der Waals surface area contributed by atoms with Crippen LogP contribution in [0.1, 0.15) is 11.5 Å². The Hall–Kier alpha value is -2.35. The lowest BCUT2D eigenvalue weighted by molar-refractivity contribution is 0.134. The van der Waals surface area contributed by atoms with Gasteiger partial charge in [0.15, 0.2) is 11.6 Å². The second-order valence-corrected chi connectivity index (χ2v) is 5.50. The van der Waals surface area contributed by atoms with Crippen LogP contribution in [0.2, 0.25) is 0 Å². The molecular weight excluding hydrogens is 284 g/mol. The quantitative estimate of drug-likeness (QED) is 0.917. The average molecular weight is 304 g/mol. The van der Waals surface area contributed by atoms with Gasteiger partial charge < -0.3 is 9.42 Å². The molecule has 0 aliphatic carbocycles. The highest BCUT2D eigenvalue weighted by Crippen LogP contribution is 2.11. The number of anilines is 1. The summed E-state index contributed by atoms with van der Waals surface area (Å²) in [5.41, 5.74) is 0.892. The zero-order valence-electron chi connectivity index (χ0n) is 12.8. The van der Waals surface area contributed by atoms with E-state index in [1.807, 2.05) is 20.0 Å². The molecule has 3 heterocycles. The summed E-state index contributed by atoms with van der Waals surface area (Å²) in [4.78, 5) is 16.2. The van der Waals surface area contributed by atoms with E-state index in [1.54, 1.807) is 21.8 Å². The number of hydrogen-bond acceptors (Lipinski definition) is 5. The number of aryl methyl sites for hydroxylation is 2. The molecule has 2 amide bonds. The molecule has 1 aliphatic rings. The molecular formula is C14H20N6O2. The number of carbonyl (C=O) groups is 1. The highest BCUT2D eigenvalue weighted by molar-refractivity contribution is 5.88. The Labute approximate surface area is 128 Å². The summed E-state index contributed by atoms with van der Waals surface area (Å²) in [5, 5.41) is 10.8. The lowest BCUT2D eigenvalue weighted by Gasteiger charge is -2.33. The summed E-state index contributed by atoms with van der Waals surface area (Å²) in [6, 6.07) is 3.62. The normalized spacial score (nSPS) is 16.0. The third kappa shape index (κ3) is 3.45. The van der Waals surface area contributed by atoms with Gasteiger partial charge in [-0.15, -0.1) is 0 Å². The number of nitrogens with one attached hydrogen (secondary N) is 1. The molecule has 0 unspecified atom stereocenters. The van der Waals surface area contributed by atoms with Crippen LogP contribution in [0.4, 0.5) is 10.6 Å². The molecule has 22 heavy (non-hydrogen) atoms. The number of urea groups is 1. The predicted octanol–water partition coefficient (Wildman–Crippen LogP) is 1.07. The Morgan fingerprint density at radius 3 is 2.73 bits per heavy atom. The number of rotatable bonds is 3. The van der Waals surface area contributed by atoms with Gasteiger partial charge in [-0.05, 0) is 6.92 Å². The van der Waals surface area contributed by atoms with Crippen molar-refractivity contribution < 1.29 is 9.32 Å². The Morgan fingerprint density at radius 1 is 1.36 bits per heavy atom. The molecule has 0 bridgehead atoms. The van der Waals surface area contributed by atoms with Crippen molar-refractivity contribution in [2.45, 2.75) is 13.5 Å². The second-order valence-electron chi connectivity index (χ2n) is 5.50. The molecule has 0 atom stereocenters. The maximum absolute atomic E-state index is 12.2. The lowest BCUT2D eigenvalue weighted by Crippen LogP contribution is -2.49. The van der Waals surface area contributed by atoms with Crippen molar-refractivity contribution in [2.24, 2.45) is 7.05 Å². The molecule has 0 radical (unpaired) electrons. The number of nitrogens with zero attached hydrogens (tertiary/aromatic N) is 5. The molecule has 3 rings (SSSR count). The predicted molar refractivity (Wildman–Crippen MR) is 80.3 cm³/mol. The minimum Gasteiger partial charge on any atom is -0.360 e. The fourth-order valence-corrected chi connectivity index (χ4v) is 2.49. The zero-order chi connectivity index (χ0) is 15.5. The first-order chi connectivity index (χ1) is 10.6. The first kappa shape index (κ1) is 14.6. The summed E-state index contributed by atoms with van der Waals surface area (Å²) >= 11 is 0. The minimum atomic E-state index is -0.103. The molecule has 0 aromatic carbocycles. The van der Waals surface area contributed by atoms with Crippen LogP contribution in [0, 0.1) is 6.92 Å². The van der Waals surface area contributed by atoms with E-state index in [0.29, 0.717) is 18.9 Å². The van der Waals surface area contributed by atoms with E-state index in [9.17, 15) is 4.79 Å². The molecule has 1 N–H and O–H groups in total. The SMILES string of the molecule is Cc1cc(CN2CCN(C(=O)Nc3ccn(C)n3)CC2)on1. The van der Waals surface area contributed by atoms with Crippen LogP contribution in [0.15, 0.2) is 22.9 Å². The largest absolute Gasteiger partial charge is 0.360 e. The van der Waals surface area contributed by atoms with Crippen molar-refractivity contribution in [1.82, 2.24) is 24.7 Å². The van der Waals surface area contributed by atoms with Gasteiger partial charge in [0, 0.05) is 51.6 Å². The van der Waals surface area contributed by atoms with Crippen molar-refractivity contribution in [3.63, 3.8) is 0 Å². The van der Waals surface area contributed by atoms with Gasteiger partial charge in [-0.1, -0.05) is 5.16 Å². The van der Waals surface area contributed by atoms with E-state index in [0.717, 1.165) is 31.1 Å². The van der Waals surface area contributed by atoms with Gasteiger partial charge >= 0.3 is 6.03 Å². The van der Waals surface area contributed by atoms with Crippen LogP contribution in [0.25, 0.3) is 0 Å². The smallest absolute Gasteiger partial charge is 0.323 e. The van der Waals surface area contributed by atoms with Gasteiger partial charge in [-0.2, -0.15) is 5.10 Å². The number of carbonyl (C=O) groups excluding carboxylic acids is 1. The highest BCUT2D eigenvalue weighted by atomic mass is 16.5. The summed E-state index contributed by atoms with van der Waals surface area (Å²) in [6.07, 6.45) is 1.80. The van der Waals surface area contributed by atoms with E-state index < -0.39 is 0 Å². The Balaban J connectivity index is 1.47. The van der Waals surface area contributed by atoms with E-state index >= 15 is 0 Å². The standard InChI is InChI=1S/C14H20N6O2/c1-11-9-12(22-17-11)10-19-5-7-20(8-6-19)14(21)15-13-3-4-18(2)16-13/h3-4,9H,5-8,10H2,1-2H3,(H,15,16,21). The summed E-state index contributed by atoms with van der Waals surface area (Å²) < 4.78 is 6.89. The highest BCUT2D eigenvalue weighted by Gasteiger charge is 2.22. The molecule has 1 fully saturated rings. The number of piperazine rings is 1. The van der Waals surface area contributed by atoms with E-state index in [1.165, 1.54) is 0 Å². The van der Waals surface area contributed by atoms with Crippen LogP contribution >= 0.6 is 0 Å². The maximum Gasteiger partial charge on any atom is 0.323 e. The average Bonchev–Trinajstić information content (AvgIpc) is 3.08. The maximum atomic E-state index is 12.2. The Bertz CT molecular complexity index is 641. The fraction of sp³-hybridized carbons (Fsp3) is 0.500. The molecule has 1 saturated heterocycles. The van der Waals surface area contributed by atoms with E-state index in [-0.39, 0.29) is 6.03 Å². The van der Waals surface area contributed by atoms with Gasteiger partial charge in [0.1, 0.15) is 0 Å². The van der Waals surface area contributed by atoms with Crippen molar-refractivity contribution in [3.05, 3.63) is 29.8 Å². The zero-order valence-corrected chi connectivity index (χ0v) is 12.8. The van der Waals surface area contributed by atoms with E-state index in [2.05, 4.69) is 20.5 Å². The van der Waals surface area contributed by atoms with Gasteiger partial charge in [0.25, 0.3) is 0 Å². The second kappa shape index (κ2) is 6.18. The topological polar surface area (TPSA) is 79.4 Å². The summed E-state index contributed by atoms with van der Waals surface area (Å²) in [7, 11) is 1.82. The number of hydrogen-bond donors (Lipinski definition) is 1. The monoisotopic (exact) mass is 304 g/mol. The summed E-state index contributed by atoms with van der Waals surface area (Å²) in [5.74, 6) is 1.44. The molecule has 0 spiro atoms. The van der Waals surface area contributed by atoms with Gasteiger partial charge in [-0.3, -0.25) is 14.9 Å². The number of amides is 2. The molecule has 1 aliphatic heterocycles. The molecule has 8 nitrogen and oxygen atoms in total. The van der Waals surface area contributed by atoms with Crippen LogP contribution in [-0.4, -0.2) is 56.9 Å². The van der Waals surface area contributed by atoms with Crippen LogP contribution in [0.3, 0.4) is 0 Å². The molecule has 2 aromatic heterocycles. The van der Waals surface area contributed by atoms with Crippen molar-refractivity contribution in [1.29, 1.82) is 0 Å². The van der Waals surface area contributed by atoms with Crippen LogP contribution in [-0.2, 0) is 13.6 Å². The van der Waals surface area contributed by atoms with Crippen LogP contribution < -0.4 is 5.32 Å². The first-order valence-corrected chi connectivity index (χ1v) is 7.30. The first-order valence-electron chi connectivity index (χ1n) is 7.30. The fourth-order valence-electron chi connectivity index (χ4n) is 2.49. The lowest BCUT2D eigenvalue weighted by atomic mass is 10.3. The minimum absolute atomic E-state index is 0.103. The summed E-state index contributed by atoms with van der Waals surface area (Å²) in [6.45, 7) is 5.64. The molecule has 8 heteroatoms. The Kier molecular flexibility index (Phi) is 4.10. The molecule has 2 aromatic rings. The molecule has 118 valence electrons. The van der Waals surface area contributed by atoms with Crippen molar-refractivity contribution in [3.8, 4) is 0 Å². The third-order valence-corrected chi connectivity index (χ3v) is 3.66. The third-order valence-electron chi connectivity index (χ3n) is 3.66.